The van der Waals surface area contributed by atoms with Gasteiger partial charge in [0, 0.05) is 6.54 Å². The summed E-state index contributed by atoms with van der Waals surface area (Å²) >= 11 is 0. The molecular weight excluding hydrogens is 184 g/mol. The Morgan fingerprint density at radius 1 is 1.29 bits per heavy atom. The predicted octanol–water partition coefficient (Wildman–Crippen LogP) is 0.249. The van der Waals surface area contributed by atoms with Crippen molar-refractivity contribution in [1.82, 2.24) is 15.0 Å². The lowest BCUT2D eigenvalue weighted by molar-refractivity contribution is 0.267. The molecule has 4 N–H and O–H groups in total. The molecule has 1 aromatic rings. The van der Waals surface area contributed by atoms with Crippen LogP contribution < -0.4 is 16.5 Å². The van der Waals surface area contributed by atoms with Gasteiger partial charge in [-0.3, -0.25) is 4.84 Å². The molecule has 0 saturated heterocycles. The molecule has 0 atom stereocenters. The molecule has 0 amide bonds. The summed E-state index contributed by atoms with van der Waals surface area (Å²) in [5.74, 6) is 0.885. The summed E-state index contributed by atoms with van der Waals surface area (Å²) in [6.45, 7) is 2.84. The van der Waals surface area contributed by atoms with Crippen LogP contribution in [-0.2, 0) is 4.84 Å². The van der Waals surface area contributed by atoms with Crippen LogP contribution in [-0.4, -0.2) is 28.6 Å². The first-order valence-electron chi connectivity index (χ1n) is 4.30. The molecule has 0 aliphatic carbocycles. The van der Waals surface area contributed by atoms with Crippen molar-refractivity contribution < 1.29 is 4.84 Å². The largest absolute Gasteiger partial charge is 0.368 e. The molecule has 0 bridgehead atoms. The maximum Gasteiger partial charge on any atom is 0.253 e. The number of nitrogens with zero attached hydrogens (tertiary/aromatic N) is 3. The highest BCUT2D eigenvalue weighted by Gasteiger charge is 2.02. The molecule has 0 aliphatic heterocycles. The van der Waals surface area contributed by atoms with Crippen LogP contribution >= 0.6 is 0 Å². The zero-order valence-corrected chi connectivity index (χ0v) is 8.24. The lowest BCUT2D eigenvalue weighted by Gasteiger charge is -2.05. The van der Waals surface area contributed by atoms with Gasteiger partial charge in [0.05, 0.1) is 7.11 Å². The van der Waals surface area contributed by atoms with Gasteiger partial charge in [-0.15, -0.1) is 0 Å². The van der Waals surface area contributed by atoms with Crippen molar-refractivity contribution in [3.8, 4) is 0 Å². The molecule has 7 nitrogen and oxygen atoms in total. The van der Waals surface area contributed by atoms with E-state index in [9.17, 15) is 0 Å². The third-order valence-electron chi connectivity index (χ3n) is 1.38. The second-order valence-electron chi connectivity index (χ2n) is 2.57. The summed E-state index contributed by atoms with van der Waals surface area (Å²) in [7, 11) is 1.47. The molecule has 0 fully saturated rings. The first kappa shape index (κ1) is 10.5. The second-order valence-corrected chi connectivity index (χ2v) is 2.57. The number of anilines is 3. The lowest BCUT2D eigenvalue weighted by Crippen LogP contribution is -2.10. The average Bonchev–Trinajstić information content (AvgIpc) is 2.14. The van der Waals surface area contributed by atoms with Gasteiger partial charge in [-0.2, -0.15) is 15.0 Å². The molecule has 14 heavy (non-hydrogen) atoms. The standard InChI is InChI=1S/C7H14N6O/c1-3-4-9-6-10-5(8)11-7(12-6)13-14-2/h3-4H2,1-2H3,(H4,8,9,10,11,12,13). The smallest absolute Gasteiger partial charge is 0.253 e. The van der Waals surface area contributed by atoms with Crippen LogP contribution in [0.2, 0.25) is 0 Å². The van der Waals surface area contributed by atoms with Crippen molar-refractivity contribution >= 4 is 17.8 Å². The molecule has 0 spiro atoms. The summed E-state index contributed by atoms with van der Waals surface area (Å²) in [6, 6.07) is 0. The van der Waals surface area contributed by atoms with E-state index >= 15 is 0 Å². The third kappa shape index (κ3) is 3.02. The summed E-state index contributed by atoms with van der Waals surface area (Å²) in [5.41, 5.74) is 7.95. The van der Waals surface area contributed by atoms with Gasteiger partial charge >= 0.3 is 0 Å². The molecule has 7 heteroatoms. The normalized spacial score (nSPS) is 9.86. The van der Waals surface area contributed by atoms with Gasteiger partial charge in [0.2, 0.25) is 11.9 Å². The summed E-state index contributed by atoms with van der Waals surface area (Å²) < 4.78 is 0. The highest BCUT2D eigenvalue weighted by Crippen LogP contribution is 2.06. The second kappa shape index (κ2) is 5.18. The molecule has 0 saturated carbocycles. The maximum absolute atomic E-state index is 5.46. The van der Waals surface area contributed by atoms with Gasteiger partial charge < -0.3 is 11.1 Å². The monoisotopic (exact) mass is 198 g/mol. The number of hydrogen-bond acceptors (Lipinski definition) is 7. The first-order chi connectivity index (χ1) is 6.76. The summed E-state index contributed by atoms with van der Waals surface area (Å²) in [4.78, 5) is 16.4. The molecule has 0 unspecified atom stereocenters. The number of aromatic nitrogens is 3. The maximum atomic E-state index is 5.46. The van der Waals surface area contributed by atoms with Crippen molar-refractivity contribution in [2.24, 2.45) is 0 Å². The van der Waals surface area contributed by atoms with E-state index in [0.717, 1.165) is 13.0 Å². The van der Waals surface area contributed by atoms with Crippen molar-refractivity contribution in [3.05, 3.63) is 0 Å². The number of nitrogen functional groups attached to an aromatic ring is 1. The SMILES string of the molecule is CCCNc1nc(N)nc(NOC)n1. The Balaban J connectivity index is 2.73. The van der Waals surface area contributed by atoms with Crippen LogP contribution in [0.15, 0.2) is 0 Å². The van der Waals surface area contributed by atoms with E-state index < -0.39 is 0 Å². The topological polar surface area (TPSA) is 98.0 Å². The van der Waals surface area contributed by atoms with Gasteiger partial charge in [0.1, 0.15) is 0 Å². The van der Waals surface area contributed by atoms with Gasteiger partial charge in [-0.05, 0) is 6.42 Å². The first-order valence-corrected chi connectivity index (χ1v) is 4.30. The molecule has 1 heterocycles. The Morgan fingerprint density at radius 2 is 2.00 bits per heavy atom. The van der Waals surface area contributed by atoms with E-state index in [2.05, 4.69) is 30.6 Å². The Labute approximate surface area is 82.1 Å². The van der Waals surface area contributed by atoms with E-state index in [1.54, 1.807) is 0 Å². The summed E-state index contributed by atoms with van der Waals surface area (Å²) in [5, 5.41) is 3.00. The zero-order chi connectivity index (χ0) is 10.4. The van der Waals surface area contributed by atoms with Crippen LogP contribution in [0.4, 0.5) is 17.8 Å². The molecule has 1 aromatic heterocycles. The zero-order valence-electron chi connectivity index (χ0n) is 8.24. The fourth-order valence-corrected chi connectivity index (χ4v) is 0.845. The molecule has 0 aromatic carbocycles. The molecule has 1 rings (SSSR count). The van der Waals surface area contributed by atoms with Crippen molar-refractivity contribution in [1.29, 1.82) is 0 Å². The van der Waals surface area contributed by atoms with E-state index in [-0.39, 0.29) is 5.95 Å². The van der Waals surface area contributed by atoms with Crippen LogP contribution in [0.1, 0.15) is 13.3 Å². The number of nitrogens with one attached hydrogen (secondary N) is 2. The van der Waals surface area contributed by atoms with Gasteiger partial charge in [-0.25, -0.2) is 5.48 Å². The van der Waals surface area contributed by atoms with Crippen LogP contribution in [0.25, 0.3) is 0 Å². The van der Waals surface area contributed by atoms with E-state index in [1.807, 2.05) is 6.92 Å². The van der Waals surface area contributed by atoms with Crippen LogP contribution in [0.3, 0.4) is 0 Å². The number of rotatable bonds is 5. The van der Waals surface area contributed by atoms with Gasteiger partial charge in [-0.1, -0.05) is 6.92 Å². The fourth-order valence-electron chi connectivity index (χ4n) is 0.845. The molecular formula is C7H14N6O. The van der Waals surface area contributed by atoms with Crippen LogP contribution in [0, 0.1) is 0 Å². The minimum absolute atomic E-state index is 0.151. The summed E-state index contributed by atoms with van der Waals surface area (Å²) in [6.07, 6.45) is 0.985. The van der Waals surface area contributed by atoms with E-state index in [4.69, 9.17) is 5.73 Å². The predicted molar refractivity (Wildman–Crippen MR) is 53.7 cm³/mol. The Hall–Kier alpha value is -1.63. The minimum Gasteiger partial charge on any atom is -0.368 e. The van der Waals surface area contributed by atoms with Crippen molar-refractivity contribution in [3.63, 3.8) is 0 Å². The highest BCUT2D eigenvalue weighted by atomic mass is 16.6. The highest BCUT2D eigenvalue weighted by molar-refractivity contribution is 5.38. The minimum atomic E-state index is 0.151. The van der Waals surface area contributed by atoms with E-state index in [0.29, 0.717) is 11.9 Å². The quantitative estimate of drug-likeness (QED) is 0.583. The Bertz CT molecular complexity index is 292. The third-order valence-corrected chi connectivity index (χ3v) is 1.38. The van der Waals surface area contributed by atoms with Crippen LogP contribution in [0.5, 0.6) is 0 Å². The molecule has 0 aliphatic rings. The van der Waals surface area contributed by atoms with E-state index in [1.165, 1.54) is 7.11 Å². The average molecular weight is 198 g/mol. The van der Waals surface area contributed by atoms with Crippen molar-refractivity contribution in [2.75, 3.05) is 30.2 Å². The Kier molecular flexibility index (Phi) is 3.86. The van der Waals surface area contributed by atoms with Gasteiger partial charge in [0.25, 0.3) is 5.95 Å². The molecule has 0 radical (unpaired) electrons. The number of hydrogen-bond donors (Lipinski definition) is 3. The lowest BCUT2D eigenvalue weighted by atomic mass is 10.5. The molecule has 78 valence electrons. The van der Waals surface area contributed by atoms with Crippen molar-refractivity contribution in [2.45, 2.75) is 13.3 Å². The fraction of sp³-hybridized carbons (Fsp3) is 0.571. The number of nitrogens with two attached hydrogens (primary N) is 1. The Morgan fingerprint density at radius 3 is 2.64 bits per heavy atom. The van der Waals surface area contributed by atoms with Gasteiger partial charge in [0.15, 0.2) is 0 Å².